The number of aryl methyl sites for hydroxylation is 2. The van der Waals surface area contributed by atoms with Crippen LogP contribution in [0.3, 0.4) is 0 Å². The highest BCUT2D eigenvalue weighted by Crippen LogP contribution is 2.41. The highest BCUT2D eigenvalue weighted by molar-refractivity contribution is 5.72. The second kappa shape index (κ2) is 7.75. The Morgan fingerprint density at radius 1 is 1.16 bits per heavy atom. The molecule has 1 aromatic heterocycles. The van der Waals surface area contributed by atoms with Gasteiger partial charge in [0.2, 0.25) is 0 Å². The van der Waals surface area contributed by atoms with E-state index in [0.717, 1.165) is 61.8 Å². The van der Waals surface area contributed by atoms with Gasteiger partial charge in [0.25, 0.3) is 0 Å². The molecule has 1 atom stereocenters. The quantitative estimate of drug-likeness (QED) is 0.754. The molecule has 1 spiro atoms. The average molecular weight is 426 g/mol. The predicted octanol–water partition coefficient (Wildman–Crippen LogP) is 2.91. The van der Waals surface area contributed by atoms with Crippen LogP contribution in [0, 0.1) is 19.7 Å². The second-order valence-corrected chi connectivity index (χ2v) is 8.96. The molecule has 1 amide bonds. The van der Waals surface area contributed by atoms with Crippen molar-refractivity contribution in [2.45, 2.75) is 44.9 Å². The number of aromatic nitrogens is 2. The van der Waals surface area contributed by atoms with Crippen molar-refractivity contribution < 1.29 is 13.9 Å². The van der Waals surface area contributed by atoms with Crippen molar-refractivity contribution in [2.75, 3.05) is 37.6 Å². The molecule has 3 saturated heterocycles. The van der Waals surface area contributed by atoms with Crippen LogP contribution in [0.4, 0.5) is 15.0 Å². The molecular formula is C23H28FN5O2. The highest BCUT2D eigenvalue weighted by Gasteiger charge is 2.56. The molecule has 3 aliphatic heterocycles. The number of carbonyl (C=O) groups excluding carboxylic acids is 1. The van der Waals surface area contributed by atoms with Crippen molar-refractivity contribution in [3.63, 3.8) is 0 Å². The second-order valence-electron chi connectivity index (χ2n) is 8.96. The maximum atomic E-state index is 13.8. The van der Waals surface area contributed by atoms with Gasteiger partial charge in [-0.1, -0.05) is 6.07 Å². The summed E-state index contributed by atoms with van der Waals surface area (Å²) < 4.78 is 19.9. The third-order valence-electron chi connectivity index (χ3n) is 6.80. The van der Waals surface area contributed by atoms with E-state index in [2.05, 4.69) is 19.8 Å². The standard InChI is InChI=1S/C23H28FN5O2/c1-16-11-18(13-19(24)12-16)14-27-9-10-29-20(15-27)23(31-22(29)30)4-7-28(8-5-23)21-3-6-25-17(2)26-21/h3,6,11-13,20H,4-5,7-10,14-15H2,1-2H3. The van der Waals surface area contributed by atoms with Gasteiger partial charge in [0.05, 0.1) is 6.04 Å². The molecule has 1 aromatic carbocycles. The van der Waals surface area contributed by atoms with E-state index in [1.165, 1.54) is 0 Å². The fraction of sp³-hybridized carbons (Fsp3) is 0.522. The van der Waals surface area contributed by atoms with E-state index in [0.29, 0.717) is 13.1 Å². The largest absolute Gasteiger partial charge is 0.440 e. The summed E-state index contributed by atoms with van der Waals surface area (Å²) >= 11 is 0. The summed E-state index contributed by atoms with van der Waals surface area (Å²) in [6.07, 6.45) is 3.13. The molecule has 164 valence electrons. The predicted molar refractivity (Wildman–Crippen MR) is 114 cm³/mol. The number of benzene rings is 1. The fourth-order valence-corrected chi connectivity index (χ4v) is 5.28. The minimum Gasteiger partial charge on any atom is -0.440 e. The van der Waals surface area contributed by atoms with Crippen molar-refractivity contribution in [2.24, 2.45) is 0 Å². The van der Waals surface area contributed by atoms with Gasteiger partial charge in [-0.3, -0.25) is 9.80 Å². The summed E-state index contributed by atoms with van der Waals surface area (Å²) in [6, 6.07) is 7.14. The average Bonchev–Trinajstić information content (AvgIpc) is 2.99. The van der Waals surface area contributed by atoms with Crippen molar-refractivity contribution in [1.82, 2.24) is 19.8 Å². The number of fused-ring (bicyclic) bond motifs is 2. The third-order valence-corrected chi connectivity index (χ3v) is 6.80. The fourth-order valence-electron chi connectivity index (χ4n) is 5.28. The highest BCUT2D eigenvalue weighted by atomic mass is 19.1. The molecule has 0 radical (unpaired) electrons. The van der Waals surface area contributed by atoms with Crippen LogP contribution >= 0.6 is 0 Å². The molecule has 3 fully saturated rings. The van der Waals surface area contributed by atoms with Gasteiger partial charge in [-0.2, -0.15) is 0 Å². The van der Waals surface area contributed by atoms with Crippen LogP contribution in [0.15, 0.2) is 30.5 Å². The van der Waals surface area contributed by atoms with Gasteiger partial charge in [-0.15, -0.1) is 0 Å². The van der Waals surface area contributed by atoms with Gasteiger partial charge in [0, 0.05) is 58.3 Å². The first-order valence-corrected chi connectivity index (χ1v) is 10.9. The number of halogens is 1. The van der Waals surface area contributed by atoms with E-state index in [1.807, 2.05) is 30.9 Å². The summed E-state index contributed by atoms with van der Waals surface area (Å²) in [7, 11) is 0. The molecule has 0 bridgehead atoms. The van der Waals surface area contributed by atoms with E-state index in [1.54, 1.807) is 18.3 Å². The number of carbonyl (C=O) groups is 1. The monoisotopic (exact) mass is 425 g/mol. The lowest BCUT2D eigenvalue weighted by atomic mass is 9.83. The lowest BCUT2D eigenvalue weighted by molar-refractivity contribution is -0.00634. The molecule has 7 nitrogen and oxygen atoms in total. The zero-order valence-electron chi connectivity index (χ0n) is 18.1. The molecule has 31 heavy (non-hydrogen) atoms. The molecule has 4 heterocycles. The number of nitrogens with zero attached hydrogens (tertiary/aromatic N) is 5. The van der Waals surface area contributed by atoms with Crippen LogP contribution in [0.25, 0.3) is 0 Å². The number of amides is 1. The smallest absolute Gasteiger partial charge is 0.410 e. The SMILES string of the molecule is Cc1cc(F)cc(CN2CCN3C(=O)OC4(CCN(c5ccnc(C)n5)CC4)C3C2)c1. The molecule has 3 aliphatic rings. The topological polar surface area (TPSA) is 61.8 Å². The van der Waals surface area contributed by atoms with E-state index >= 15 is 0 Å². The number of hydrogen-bond acceptors (Lipinski definition) is 6. The van der Waals surface area contributed by atoms with Crippen LogP contribution in [0.1, 0.15) is 29.8 Å². The summed E-state index contributed by atoms with van der Waals surface area (Å²) in [4.78, 5) is 27.8. The minimum atomic E-state index is -0.466. The number of piperazine rings is 1. The lowest BCUT2D eigenvalue weighted by Crippen LogP contribution is -2.60. The van der Waals surface area contributed by atoms with Crippen molar-refractivity contribution in [3.8, 4) is 0 Å². The van der Waals surface area contributed by atoms with Gasteiger partial charge in [-0.05, 0) is 43.2 Å². The first kappa shape index (κ1) is 20.2. The zero-order valence-corrected chi connectivity index (χ0v) is 18.1. The summed E-state index contributed by atoms with van der Waals surface area (Å²) in [5.74, 6) is 1.49. The Morgan fingerprint density at radius 2 is 1.97 bits per heavy atom. The Balaban J connectivity index is 1.30. The molecule has 0 N–H and O–H groups in total. The van der Waals surface area contributed by atoms with E-state index in [4.69, 9.17) is 4.74 Å². The maximum absolute atomic E-state index is 13.8. The molecule has 2 aromatic rings. The van der Waals surface area contributed by atoms with Gasteiger partial charge < -0.3 is 9.64 Å². The van der Waals surface area contributed by atoms with Gasteiger partial charge >= 0.3 is 6.09 Å². The Morgan fingerprint density at radius 3 is 2.71 bits per heavy atom. The number of piperidine rings is 1. The van der Waals surface area contributed by atoms with E-state index in [9.17, 15) is 9.18 Å². The Bertz CT molecular complexity index is 971. The van der Waals surface area contributed by atoms with E-state index in [-0.39, 0.29) is 18.0 Å². The first-order chi connectivity index (χ1) is 14.9. The number of anilines is 1. The van der Waals surface area contributed by atoms with Crippen molar-refractivity contribution >= 4 is 11.9 Å². The van der Waals surface area contributed by atoms with Gasteiger partial charge in [-0.25, -0.2) is 19.2 Å². The Hall–Kier alpha value is -2.74. The molecule has 8 heteroatoms. The van der Waals surface area contributed by atoms with Crippen LogP contribution in [0.5, 0.6) is 0 Å². The molecular weight excluding hydrogens is 397 g/mol. The van der Waals surface area contributed by atoms with Crippen LogP contribution in [-0.4, -0.2) is 70.2 Å². The normalized spacial score (nSPS) is 23.2. The number of rotatable bonds is 3. The van der Waals surface area contributed by atoms with Gasteiger partial charge in [0.15, 0.2) is 0 Å². The third kappa shape index (κ3) is 3.84. The first-order valence-electron chi connectivity index (χ1n) is 10.9. The lowest BCUT2D eigenvalue weighted by Gasteiger charge is -2.45. The van der Waals surface area contributed by atoms with Gasteiger partial charge in [0.1, 0.15) is 23.1 Å². The number of ether oxygens (including phenoxy) is 1. The molecule has 1 unspecified atom stereocenters. The van der Waals surface area contributed by atoms with Crippen molar-refractivity contribution in [3.05, 3.63) is 53.2 Å². The summed E-state index contributed by atoms with van der Waals surface area (Å²) in [5.41, 5.74) is 1.43. The summed E-state index contributed by atoms with van der Waals surface area (Å²) in [6.45, 7) is 8.22. The van der Waals surface area contributed by atoms with Crippen LogP contribution in [-0.2, 0) is 11.3 Å². The molecule has 0 saturated carbocycles. The van der Waals surface area contributed by atoms with E-state index < -0.39 is 5.60 Å². The van der Waals surface area contributed by atoms with Crippen LogP contribution < -0.4 is 4.90 Å². The molecule has 5 rings (SSSR count). The van der Waals surface area contributed by atoms with Crippen molar-refractivity contribution in [1.29, 1.82) is 0 Å². The minimum absolute atomic E-state index is 0.0256. The van der Waals surface area contributed by atoms with Crippen LogP contribution in [0.2, 0.25) is 0 Å². The number of hydrogen-bond donors (Lipinski definition) is 0. The maximum Gasteiger partial charge on any atom is 0.410 e. The Kier molecular flexibility index (Phi) is 5.04. The summed E-state index contributed by atoms with van der Waals surface area (Å²) in [5, 5.41) is 0. The zero-order chi connectivity index (χ0) is 21.6. The molecule has 0 aliphatic carbocycles. The Labute approximate surface area is 181 Å².